The Morgan fingerprint density at radius 3 is 2.12 bits per heavy atom. The highest BCUT2D eigenvalue weighted by Crippen LogP contribution is 2.50. The van der Waals surface area contributed by atoms with Crippen LogP contribution in [0.25, 0.3) is 0 Å². The van der Waals surface area contributed by atoms with Crippen molar-refractivity contribution < 1.29 is 10.2 Å². The minimum absolute atomic E-state index is 0.139. The van der Waals surface area contributed by atoms with Gasteiger partial charge in [-0.2, -0.15) is 0 Å². The Morgan fingerprint density at radius 2 is 1.54 bits per heavy atom. The Kier molecular flexibility index (Phi) is 4.84. The second-order valence-corrected chi connectivity index (χ2v) is 7.60. The zero-order chi connectivity index (χ0) is 17.2. The number of hydrogen-bond donors (Lipinski definition) is 2. The predicted molar refractivity (Wildman–Crippen MR) is 98.6 cm³/mol. The van der Waals surface area contributed by atoms with Crippen molar-refractivity contribution in [1.82, 2.24) is 0 Å². The second-order valence-electron chi connectivity index (χ2n) is 7.60. The Labute approximate surface area is 145 Å². The van der Waals surface area contributed by atoms with Crippen LogP contribution < -0.4 is 0 Å². The van der Waals surface area contributed by atoms with E-state index in [1.165, 1.54) is 36.8 Å². The largest absolute Gasteiger partial charge is 0.508 e. The van der Waals surface area contributed by atoms with Crippen LogP contribution in [0.1, 0.15) is 63.0 Å². The van der Waals surface area contributed by atoms with Gasteiger partial charge in [-0.25, -0.2) is 0 Å². The maximum atomic E-state index is 9.61. The summed E-state index contributed by atoms with van der Waals surface area (Å²) in [6.07, 6.45) is 6.02. The third kappa shape index (κ3) is 3.43. The van der Waals surface area contributed by atoms with Gasteiger partial charge in [0.1, 0.15) is 11.5 Å². The smallest absolute Gasteiger partial charge is 0.115 e. The zero-order valence-electron chi connectivity index (χ0n) is 14.7. The highest BCUT2D eigenvalue weighted by atomic mass is 16.3. The van der Waals surface area contributed by atoms with Crippen LogP contribution in [0.3, 0.4) is 0 Å². The van der Waals surface area contributed by atoms with Crippen molar-refractivity contribution in [3.8, 4) is 11.5 Å². The summed E-state index contributed by atoms with van der Waals surface area (Å²) in [6.45, 7) is 4.62. The zero-order valence-corrected chi connectivity index (χ0v) is 14.7. The molecule has 3 atom stereocenters. The predicted octanol–water partition coefficient (Wildman–Crippen LogP) is 5.74. The molecule has 24 heavy (non-hydrogen) atoms. The Bertz CT molecular complexity index is 659. The molecule has 3 unspecified atom stereocenters. The van der Waals surface area contributed by atoms with Gasteiger partial charge in [0, 0.05) is 0 Å². The molecular weight excluding hydrogens is 296 g/mol. The number of rotatable bonds is 4. The molecule has 0 bridgehead atoms. The van der Waals surface area contributed by atoms with Gasteiger partial charge in [-0.15, -0.1) is 0 Å². The van der Waals surface area contributed by atoms with E-state index in [9.17, 15) is 10.2 Å². The lowest BCUT2D eigenvalue weighted by Gasteiger charge is -2.43. The summed E-state index contributed by atoms with van der Waals surface area (Å²) in [5.74, 6) is 1.91. The van der Waals surface area contributed by atoms with Crippen LogP contribution in [0.15, 0.2) is 48.5 Å². The van der Waals surface area contributed by atoms with Crippen molar-refractivity contribution in [2.75, 3.05) is 0 Å². The normalized spacial score (nSPS) is 27.1. The Morgan fingerprint density at radius 1 is 0.958 bits per heavy atom. The summed E-state index contributed by atoms with van der Waals surface area (Å²) in [5, 5.41) is 19.2. The monoisotopic (exact) mass is 324 g/mol. The lowest BCUT2D eigenvalue weighted by molar-refractivity contribution is 0.201. The SMILES string of the molecule is CCCC1CCC(C)(c2ccc(O)cc2)CC1c1ccc(O)cc1. The first-order valence-corrected chi connectivity index (χ1v) is 9.10. The topological polar surface area (TPSA) is 40.5 Å². The van der Waals surface area contributed by atoms with Gasteiger partial charge in [0.15, 0.2) is 0 Å². The van der Waals surface area contributed by atoms with Gasteiger partial charge in [0.25, 0.3) is 0 Å². The maximum absolute atomic E-state index is 9.61. The number of benzene rings is 2. The number of aromatic hydroxyl groups is 2. The molecule has 0 aromatic heterocycles. The van der Waals surface area contributed by atoms with E-state index in [0.717, 1.165) is 6.42 Å². The van der Waals surface area contributed by atoms with Crippen molar-refractivity contribution in [2.24, 2.45) is 5.92 Å². The van der Waals surface area contributed by atoms with E-state index in [-0.39, 0.29) is 5.41 Å². The fourth-order valence-corrected chi connectivity index (χ4v) is 4.41. The quantitative estimate of drug-likeness (QED) is 0.753. The van der Waals surface area contributed by atoms with Crippen molar-refractivity contribution in [2.45, 2.75) is 57.3 Å². The molecule has 2 aromatic rings. The Balaban J connectivity index is 1.90. The maximum Gasteiger partial charge on any atom is 0.115 e. The van der Waals surface area contributed by atoms with Gasteiger partial charge in [-0.1, -0.05) is 51.0 Å². The lowest BCUT2D eigenvalue weighted by Crippen LogP contribution is -2.34. The summed E-state index contributed by atoms with van der Waals surface area (Å²) in [4.78, 5) is 0. The van der Waals surface area contributed by atoms with Gasteiger partial charge < -0.3 is 10.2 Å². The van der Waals surface area contributed by atoms with Crippen LogP contribution in [0, 0.1) is 5.92 Å². The summed E-state index contributed by atoms with van der Waals surface area (Å²) >= 11 is 0. The standard InChI is InChI=1S/C22H28O2/c1-3-4-16-13-14-22(2,18-7-11-20(24)12-8-18)15-21(16)17-5-9-19(23)10-6-17/h5-12,16,21,23-24H,3-4,13-15H2,1-2H3. The molecule has 2 nitrogen and oxygen atoms in total. The molecule has 0 heterocycles. The summed E-state index contributed by atoms with van der Waals surface area (Å²) in [5.41, 5.74) is 2.80. The number of phenols is 2. The van der Waals surface area contributed by atoms with Crippen LogP contribution in [0.4, 0.5) is 0 Å². The first kappa shape index (κ1) is 16.9. The van der Waals surface area contributed by atoms with E-state index in [0.29, 0.717) is 23.3 Å². The molecule has 0 saturated heterocycles. The third-order valence-electron chi connectivity index (χ3n) is 5.85. The minimum Gasteiger partial charge on any atom is -0.508 e. The van der Waals surface area contributed by atoms with Gasteiger partial charge in [-0.3, -0.25) is 0 Å². The molecule has 1 fully saturated rings. The summed E-state index contributed by atoms with van der Waals surface area (Å²) < 4.78 is 0. The molecule has 1 aliphatic carbocycles. The van der Waals surface area contributed by atoms with E-state index in [2.05, 4.69) is 38.1 Å². The average molecular weight is 324 g/mol. The van der Waals surface area contributed by atoms with Gasteiger partial charge >= 0.3 is 0 Å². The van der Waals surface area contributed by atoms with E-state index >= 15 is 0 Å². The Hall–Kier alpha value is -1.96. The van der Waals surface area contributed by atoms with Crippen molar-refractivity contribution in [1.29, 1.82) is 0 Å². The minimum atomic E-state index is 0.139. The number of hydrogen-bond acceptors (Lipinski definition) is 2. The molecule has 0 radical (unpaired) electrons. The fraction of sp³-hybridized carbons (Fsp3) is 0.455. The second kappa shape index (κ2) is 6.88. The number of phenolic OH excluding ortho intramolecular Hbond substituents is 2. The van der Waals surface area contributed by atoms with Gasteiger partial charge in [-0.05, 0) is 71.9 Å². The molecule has 0 aliphatic heterocycles. The van der Waals surface area contributed by atoms with Crippen molar-refractivity contribution in [3.05, 3.63) is 59.7 Å². The van der Waals surface area contributed by atoms with E-state index in [1.807, 2.05) is 12.1 Å². The third-order valence-corrected chi connectivity index (χ3v) is 5.85. The molecule has 128 valence electrons. The van der Waals surface area contributed by atoms with E-state index in [1.54, 1.807) is 12.1 Å². The van der Waals surface area contributed by atoms with Crippen LogP contribution in [-0.2, 0) is 5.41 Å². The molecule has 1 saturated carbocycles. The molecular formula is C22H28O2. The fourth-order valence-electron chi connectivity index (χ4n) is 4.41. The summed E-state index contributed by atoms with van der Waals surface area (Å²) in [6, 6.07) is 15.5. The highest BCUT2D eigenvalue weighted by Gasteiger charge is 2.39. The van der Waals surface area contributed by atoms with Crippen LogP contribution in [-0.4, -0.2) is 10.2 Å². The molecule has 2 heteroatoms. The highest BCUT2D eigenvalue weighted by molar-refractivity contribution is 5.34. The molecule has 0 spiro atoms. The van der Waals surface area contributed by atoms with Crippen molar-refractivity contribution in [3.63, 3.8) is 0 Å². The van der Waals surface area contributed by atoms with Crippen molar-refractivity contribution >= 4 is 0 Å². The lowest BCUT2D eigenvalue weighted by atomic mass is 9.61. The first-order chi connectivity index (χ1) is 11.5. The van der Waals surface area contributed by atoms with Crippen LogP contribution >= 0.6 is 0 Å². The molecule has 2 aromatic carbocycles. The molecule has 2 N–H and O–H groups in total. The van der Waals surface area contributed by atoms with Crippen LogP contribution in [0.2, 0.25) is 0 Å². The molecule has 0 amide bonds. The van der Waals surface area contributed by atoms with Gasteiger partial charge in [0.05, 0.1) is 0 Å². The average Bonchev–Trinajstić information content (AvgIpc) is 2.58. The van der Waals surface area contributed by atoms with Crippen LogP contribution in [0.5, 0.6) is 11.5 Å². The van der Waals surface area contributed by atoms with E-state index in [4.69, 9.17) is 0 Å². The molecule has 3 rings (SSSR count). The van der Waals surface area contributed by atoms with Gasteiger partial charge in [0.2, 0.25) is 0 Å². The molecule has 1 aliphatic rings. The van der Waals surface area contributed by atoms with E-state index < -0.39 is 0 Å². The summed E-state index contributed by atoms with van der Waals surface area (Å²) in [7, 11) is 0. The first-order valence-electron chi connectivity index (χ1n) is 9.10.